The predicted octanol–water partition coefficient (Wildman–Crippen LogP) is 2.31. The number of amides is 1. The molecule has 1 rings (SSSR count). The van der Waals surface area contributed by atoms with Crippen LogP contribution in [0.3, 0.4) is 0 Å². The Morgan fingerprint density at radius 2 is 2.11 bits per heavy atom. The minimum absolute atomic E-state index is 0.0331. The summed E-state index contributed by atoms with van der Waals surface area (Å²) in [5, 5.41) is 12.4. The number of unbranched alkanes of at least 4 members (excludes halogenated alkanes) is 1. The van der Waals surface area contributed by atoms with Gasteiger partial charge in [-0.1, -0.05) is 19.4 Å². The summed E-state index contributed by atoms with van der Waals surface area (Å²) < 4.78 is 4.53. The smallest absolute Gasteiger partial charge is 0.341 e. The number of nitrogens with one attached hydrogen (secondary N) is 1. The highest BCUT2D eigenvalue weighted by Gasteiger charge is 2.15. The van der Waals surface area contributed by atoms with Crippen LogP contribution in [0.25, 0.3) is 0 Å². The van der Waals surface area contributed by atoms with Crippen LogP contribution in [0.4, 0.5) is 5.69 Å². The SMILES string of the molecule is CCCCC(=O)Nc1cccc(C(=O)OC)c1O. The van der Waals surface area contributed by atoms with Crippen LogP contribution in [-0.2, 0) is 9.53 Å². The van der Waals surface area contributed by atoms with Crippen molar-refractivity contribution in [3.8, 4) is 5.75 Å². The Hall–Kier alpha value is -2.04. The van der Waals surface area contributed by atoms with Crippen LogP contribution in [0.5, 0.6) is 5.75 Å². The molecule has 1 aromatic carbocycles. The van der Waals surface area contributed by atoms with E-state index in [0.29, 0.717) is 6.42 Å². The van der Waals surface area contributed by atoms with E-state index in [1.165, 1.54) is 19.2 Å². The van der Waals surface area contributed by atoms with Crippen LogP contribution in [-0.4, -0.2) is 24.1 Å². The molecule has 5 nitrogen and oxygen atoms in total. The standard InChI is InChI=1S/C13H17NO4/c1-3-4-8-11(15)14-10-7-5-6-9(12(10)16)13(17)18-2/h5-7,16H,3-4,8H2,1-2H3,(H,14,15). The number of anilines is 1. The number of carbonyl (C=O) groups is 2. The zero-order valence-electron chi connectivity index (χ0n) is 10.5. The molecule has 0 saturated heterocycles. The van der Waals surface area contributed by atoms with Gasteiger partial charge in [0, 0.05) is 6.42 Å². The van der Waals surface area contributed by atoms with E-state index in [1.807, 2.05) is 6.92 Å². The maximum atomic E-state index is 11.5. The minimum Gasteiger partial charge on any atom is -0.505 e. The van der Waals surface area contributed by atoms with E-state index < -0.39 is 5.97 Å². The number of hydrogen-bond acceptors (Lipinski definition) is 4. The molecular weight excluding hydrogens is 234 g/mol. The van der Waals surface area contributed by atoms with Crippen LogP contribution in [0.15, 0.2) is 18.2 Å². The van der Waals surface area contributed by atoms with E-state index in [0.717, 1.165) is 12.8 Å². The van der Waals surface area contributed by atoms with Crippen molar-refractivity contribution in [3.05, 3.63) is 23.8 Å². The van der Waals surface area contributed by atoms with Gasteiger partial charge < -0.3 is 15.2 Å². The zero-order valence-corrected chi connectivity index (χ0v) is 10.5. The van der Waals surface area contributed by atoms with Crippen molar-refractivity contribution in [1.82, 2.24) is 0 Å². The van der Waals surface area contributed by atoms with Crippen molar-refractivity contribution in [2.75, 3.05) is 12.4 Å². The molecule has 0 saturated carbocycles. The maximum absolute atomic E-state index is 11.5. The fourth-order valence-electron chi connectivity index (χ4n) is 1.47. The molecule has 18 heavy (non-hydrogen) atoms. The van der Waals surface area contributed by atoms with Gasteiger partial charge in [0.05, 0.1) is 12.8 Å². The molecular formula is C13H17NO4. The van der Waals surface area contributed by atoms with Crippen LogP contribution >= 0.6 is 0 Å². The summed E-state index contributed by atoms with van der Waals surface area (Å²) in [6, 6.07) is 4.54. The lowest BCUT2D eigenvalue weighted by molar-refractivity contribution is -0.116. The first-order chi connectivity index (χ1) is 8.60. The third-order valence-corrected chi connectivity index (χ3v) is 2.47. The molecule has 0 radical (unpaired) electrons. The molecule has 0 atom stereocenters. The average Bonchev–Trinajstić information content (AvgIpc) is 2.38. The Bertz CT molecular complexity index is 443. The monoisotopic (exact) mass is 251 g/mol. The van der Waals surface area contributed by atoms with Crippen molar-refractivity contribution in [2.24, 2.45) is 0 Å². The van der Waals surface area contributed by atoms with E-state index in [4.69, 9.17) is 0 Å². The third-order valence-electron chi connectivity index (χ3n) is 2.47. The average molecular weight is 251 g/mol. The van der Waals surface area contributed by atoms with Crippen LogP contribution in [0.2, 0.25) is 0 Å². The second kappa shape index (κ2) is 6.64. The fraction of sp³-hybridized carbons (Fsp3) is 0.385. The molecule has 0 unspecified atom stereocenters. The van der Waals surface area contributed by atoms with Gasteiger partial charge >= 0.3 is 5.97 Å². The summed E-state index contributed by atoms with van der Waals surface area (Å²) in [4.78, 5) is 22.9. The molecule has 0 aliphatic carbocycles. The van der Waals surface area contributed by atoms with Crippen molar-refractivity contribution in [1.29, 1.82) is 0 Å². The molecule has 2 N–H and O–H groups in total. The molecule has 0 aliphatic rings. The molecule has 0 bridgehead atoms. The number of carbonyl (C=O) groups excluding carboxylic acids is 2. The Balaban J connectivity index is 2.84. The Morgan fingerprint density at radius 3 is 2.72 bits per heavy atom. The number of esters is 1. The zero-order chi connectivity index (χ0) is 13.5. The number of para-hydroxylation sites is 1. The van der Waals surface area contributed by atoms with Crippen molar-refractivity contribution in [3.63, 3.8) is 0 Å². The number of phenolic OH excluding ortho intramolecular Hbond substituents is 1. The van der Waals surface area contributed by atoms with Crippen LogP contribution in [0.1, 0.15) is 36.5 Å². The van der Waals surface area contributed by atoms with E-state index in [2.05, 4.69) is 10.1 Å². The van der Waals surface area contributed by atoms with Crippen molar-refractivity contribution in [2.45, 2.75) is 26.2 Å². The number of methoxy groups -OCH3 is 1. The predicted molar refractivity (Wildman–Crippen MR) is 67.6 cm³/mol. The lowest BCUT2D eigenvalue weighted by atomic mass is 10.1. The number of ether oxygens (including phenoxy) is 1. The number of aromatic hydroxyl groups is 1. The molecule has 0 aromatic heterocycles. The van der Waals surface area contributed by atoms with Gasteiger partial charge in [-0.25, -0.2) is 4.79 Å². The lowest BCUT2D eigenvalue weighted by Crippen LogP contribution is -2.12. The summed E-state index contributed by atoms with van der Waals surface area (Å²) in [6.07, 6.45) is 2.09. The Labute approximate surface area is 106 Å². The number of rotatable bonds is 5. The number of hydrogen-bond donors (Lipinski definition) is 2. The Kier molecular flexibility index (Phi) is 5.17. The van der Waals surface area contributed by atoms with Gasteiger partial charge in [-0.05, 0) is 18.6 Å². The van der Waals surface area contributed by atoms with E-state index in [9.17, 15) is 14.7 Å². The summed E-state index contributed by atoms with van der Waals surface area (Å²) in [5.74, 6) is -1.10. The first kappa shape index (κ1) is 14.0. The first-order valence-electron chi connectivity index (χ1n) is 5.80. The van der Waals surface area contributed by atoms with Gasteiger partial charge in [-0.15, -0.1) is 0 Å². The van der Waals surface area contributed by atoms with Gasteiger partial charge in [0.25, 0.3) is 0 Å². The van der Waals surface area contributed by atoms with E-state index >= 15 is 0 Å². The third kappa shape index (κ3) is 3.48. The van der Waals surface area contributed by atoms with Gasteiger partial charge in [-0.3, -0.25) is 4.79 Å². The molecule has 0 fully saturated rings. The van der Waals surface area contributed by atoms with Gasteiger partial charge in [0.2, 0.25) is 5.91 Å². The van der Waals surface area contributed by atoms with Gasteiger partial charge in [0.1, 0.15) is 5.56 Å². The van der Waals surface area contributed by atoms with E-state index in [-0.39, 0.29) is 22.9 Å². The molecule has 1 amide bonds. The topological polar surface area (TPSA) is 75.6 Å². The minimum atomic E-state index is -0.642. The lowest BCUT2D eigenvalue weighted by Gasteiger charge is -2.09. The molecule has 5 heteroatoms. The highest BCUT2D eigenvalue weighted by atomic mass is 16.5. The van der Waals surface area contributed by atoms with Crippen molar-refractivity contribution < 1.29 is 19.4 Å². The quantitative estimate of drug-likeness (QED) is 0.622. The summed E-state index contributed by atoms with van der Waals surface area (Å²) in [7, 11) is 1.23. The van der Waals surface area contributed by atoms with Gasteiger partial charge in [0.15, 0.2) is 5.75 Å². The maximum Gasteiger partial charge on any atom is 0.341 e. The van der Waals surface area contributed by atoms with Crippen LogP contribution < -0.4 is 5.32 Å². The van der Waals surface area contributed by atoms with Gasteiger partial charge in [-0.2, -0.15) is 0 Å². The Morgan fingerprint density at radius 1 is 1.39 bits per heavy atom. The number of benzene rings is 1. The highest BCUT2D eigenvalue weighted by Crippen LogP contribution is 2.28. The fourth-order valence-corrected chi connectivity index (χ4v) is 1.47. The second-order valence-electron chi connectivity index (χ2n) is 3.85. The second-order valence-corrected chi connectivity index (χ2v) is 3.85. The molecule has 0 heterocycles. The summed E-state index contributed by atoms with van der Waals surface area (Å²) in [6.45, 7) is 1.99. The molecule has 0 spiro atoms. The summed E-state index contributed by atoms with van der Waals surface area (Å²) >= 11 is 0. The highest BCUT2D eigenvalue weighted by molar-refractivity contribution is 5.98. The summed E-state index contributed by atoms with van der Waals surface area (Å²) in [5.41, 5.74) is 0.254. The molecule has 98 valence electrons. The molecule has 1 aromatic rings. The van der Waals surface area contributed by atoms with E-state index in [1.54, 1.807) is 6.07 Å². The number of phenols is 1. The first-order valence-corrected chi connectivity index (χ1v) is 5.80. The largest absolute Gasteiger partial charge is 0.505 e. The normalized spacial score (nSPS) is 9.89. The van der Waals surface area contributed by atoms with Crippen molar-refractivity contribution >= 4 is 17.6 Å². The van der Waals surface area contributed by atoms with Crippen LogP contribution in [0, 0.1) is 0 Å². The molecule has 0 aliphatic heterocycles.